The zero-order valence-corrected chi connectivity index (χ0v) is 11.8. The van der Waals surface area contributed by atoms with Gasteiger partial charge in [0.05, 0.1) is 28.0 Å². The summed E-state index contributed by atoms with van der Waals surface area (Å²) in [4.78, 5) is 7.53. The van der Waals surface area contributed by atoms with Gasteiger partial charge in [-0.2, -0.15) is 0 Å². The number of hydrogen-bond acceptors (Lipinski definition) is 2. The van der Waals surface area contributed by atoms with E-state index in [2.05, 4.69) is 23.8 Å². The average molecular weight is 284 g/mol. The zero-order chi connectivity index (χ0) is 13.3. The molecule has 5 heteroatoms. The fourth-order valence-electron chi connectivity index (χ4n) is 1.63. The monoisotopic (exact) mass is 283 g/mol. The molecular weight excluding hydrogens is 269 g/mol. The molecule has 0 spiro atoms. The van der Waals surface area contributed by atoms with Crippen LogP contribution in [0, 0.1) is 5.92 Å². The molecule has 2 rings (SSSR count). The lowest BCUT2D eigenvalue weighted by Gasteiger charge is -2.12. The number of nitrogens with two attached hydrogens (primary N) is 1. The Kier molecular flexibility index (Phi) is 3.95. The first-order chi connectivity index (χ1) is 8.49. The summed E-state index contributed by atoms with van der Waals surface area (Å²) in [7, 11) is 0. The quantitative estimate of drug-likeness (QED) is 0.893. The Hall–Kier alpha value is -1.03. The van der Waals surface area contributed by atoms with E-state index in [-0.39, 0.29) is 6.04 Å². The fourth-order valence-corrected chi connectivity index (χ4v) is 1.93. The molecule has 0 bridgehead atoms. The lowest BCUT2D eigenvalue weighted by Crippen LogP contribution is -2.18. The predicted molar refractivity (Wildman–Crippen MR) is 75.8 cm³/mol. The second-order valence-electron chi connectivity index (χ2n) is 4.58. The van der Waals surface area contributed by atoms with E-state index in [4.69, 9.17) is 28.9 Å². The van der Waals surface area contributed by atoms with Crippen molar-refractivity contribution in [1.82, 2.24) is 9.97 Å². The van der Waals surface area contributed by atoms with E-state index in [9.17, 15) is 0 Å². The van der Waals surface area contributed by atoms with Gasteiger partial charge in [-0.25, -0.2) is 4.98 Å². The lowest BCUT2D eigenvalue weighted by molar-refractivity contribution is 0.494. The number of hydrogen-bond donors (Lipinski definition) is 2. The summed E-state index contributed by atoms with van der Waals surface area (Å²) in [6.07, 6.45) is 1.76. The van der Waals surface area contributed by atoms with Crippen molar-refractivity contribution >= 4 is 23.2 Å². The number of rotatable bonds is 3. The van der Waals surface area contributed by atoms with E-state index in [1.54, 1.807) is 12.3 Å². The van der Waals surface area contributed by atoms with Crippen LogP contribution in [0.3, 0.4) is 0 Å². The first-order valence-electron chi connectivity index (χ1n) is 5.75. The number of nitrogens with one attached hydrogen (secondary N) is 1. The predicted octanol–water partition coefficient (Wildman–Crippen LogP) is 4.04. The van der Waals surface area contributed by atoms with E-state index in [1.807, 2.05) is 12.1 Å². The maximum Gasteiger partial charge on any atom is 0.123 e. The molecule has 0 aliphatic rings. The van der Waals surface area contributed by atoms with Crippen molar-refractivity contribution in [1.29, 1.82) is 0 Å². The Morgan fingerprint density at radius 3 is 2.56 bits per heavy atom. The standard InChI is InChI=1S/C13H15Cl2N3/c1-7(2)12(16)13-17-6-11(18-13)8-3-4-9(14)10(15)5-8/h3-7,12H,16H2,1-2H3,(H,17,18). The summed E-state index contributed by atoms with van der Waals surface area (Å²) < 4.78 is 0. The van der Waals surface area contributed by atoms with Crippen LogP contribution >= 0.6 is 23.2 Å². The molecule has 3 nitrogen and oxygen atoms in total. The molecule has 0 saturated heterocycles. The summed E-state index contributed by atoms with van der Waals surface area (Å²) in [5, 5.41) is 1.07. The molecule has 18 heavy (non-hydrogen) atoms. The van der Waals surface area contributed by atoms with Crippen LogP contribution in [-0.2, 0) is 0 Å². The molecule has 0 fully saturated rings. The molecular formula is C13H15Cl2N3. The Bertz CT molecular complexity index is 549. The SMILES string of the molecule is CC(C)C(N)c1ncc(-c2ccc(Cl)c(Cl)c2)[nH]1. The van der Waals surface area contributed by atoms with E-state index in [0.29, 0.717) is 16.0 Å². The maximum atomic E-state index is 6.04. The minimum absolute atomic E-state index is 0.0958. The minimum Gasteiger partial charge on any atom is -0.341 e. The van der Waals surface area contributed by atoms with Crippen molar-refractivity contribution in [2.24, 2.45) is 11.7 Å². The van der Waals surface area contributed by atoms with Gasteiger partial charge in [0.15, 0.2) is 0 Å². The molecule has 0 radical (unpaired) electrons. The third kappa shape index (κ3) is 2.69. The highest BCUT2D eigenvalue weighted by atomic mass is 35.5. The topological polar surface area (TPSA) is 54.7 Å². The van der Waals surface area contributed by atoms with Gasteiger partial charge in [0.25, 0.3) is 0 Å². The highest BCUT2D eigenvalue weighted by molar-refractivity contribution is 6.42. The van der Waals surface area contributed by atoms with Gasteiger partial charge in [-0.1, -0.05) is 43.1 Å². The van der Waals surface area contributed by atoms with Crippen LogP contribution in [0.25, 0.3) is 11.3 Å². The van der Waals surface area contributed by atoms with Crippen LogP contribution in [0.2, 0.25) is 10.0 Å². The van der Waals surface area contributed by atoms with E-state index >= 15 is 0 Å². The van der Waals surface area contributed by atoms with Gasteiger partial charge in [0.1, 0.15) is 5.82 Å². The van der Waals surface area contributed by atoms with E-state index < -0.39 is 0 Å². The number of benzene rings is 1. The maximum absolute atomic E-state index is 6.04. The highest BCUT2D eigenvalue weighted by Crippen LogP contribution is 2.28. The van der Waals surface area contributed by atoms with Gasteiger partial charge in [0.2, 0.25) is 0 Å². The fraction of sp³-hybridized carbons (Fsp3) is 0.308. The number of aromatic nitrogens is 2. The van der Waals surface area contributed by atoms with Gasteiger partial charge in [-0.05, 0) is 18.1 Å². The largest absolute Gasteiger partial charge is 0.341 e. The smallest absolute Gasteiger partial charge is 0.123 e. The normalized spacial score (nSPS) is 13.0. The highest BCUT2D eigenvalue weighted by Gasteiger charge is 2.14. The Balaban J connectivity index is 2.32. The summed E-state index contributed by atoms with van der Waals surface area (Å²) in [5.74, 6) is 1.11. The van der Waals surface area contributed by atoms with Gasteiger partial charge < -0.3 is 10.7 Å². The molecule has 3 N–H and O–H groups in total. The number of imidazole rings is 1. The molecule has 0 saturated carbocycles. The van der Waals surface area contributed by atoms with Crippen LogP contribution < -0.4 is 5.73 Å². The van der Waals surface area contributed by atoms with Gasteiger partial charge >= 0.3 is 0 Å². The minimum atomic E-state index is -0.0958. The van der Waals surface area contributed by atoms with Crippen molar-refractivity contribution in [3.8, 4) is 11.3 Å². The average Bonchev–Trinajstić information content (AvgIpc) is 2.81. The van der Waals surface area contributed by atoms with Crippen LogP contribution in [0.5, 0.6) is 0 Å². The lowest BCUT2D eigenvalue weighted by atomic mass is 10.1. The number of halogens is 2. The summed E-state index contributed by atoms with van der Waals surface area (Å²) in [6.45, 7) is 4.12. The van der Waals surface area contributed by atoms with Crippen molar-refractivity contribution in [3.05, 3.63) is 40.3 Å². The van der Waals surface area contributed by atoms with Crippen LogP contribution in [-0.4, -0.2) is 9.97 Å². The Morgan fingerprint density at radius 2 is 1.94 bits per heavy atom. The van der Waals surface area contributed by atoms with Crippen LogP contribution in [0.15, 0.2) is 24.4 Å². The molecule has 1 aromatic carbocycles. The molecule has 0 aliphatic carbocycles. The molecule has 1 heterocycles. The molecule has 0 aliphatic heterocycles. The van der Waals surface area contributed by atoms with Crippen molar-refractivity contribution in [2.45, 2.75) is 19.9 Å². The molecule has 0 amide bonds. The van der Waals surface area contributed by atoms with Crippen molar-refractivity contribution in [3.63, 3.8) is 0 Å². The first kappa shape index (κ1) is 13.4. The third-order valence-electron chi connectivity index (χ3n) is 2.86. The number of H-pyrrole nitrogens is 1. The Labute approximate surface area is 116 Å². The van der Waals surface area contributed by atoms with E-state index in [1.165, 1.54) is 0 Å². The molecule has 1 unspecified atom stereocenters. The number of aromatic amines is 1. The second kappa shape index (κ2) is 5.31. The first-order valence-corrected chi connectivity index (χ1v) is 6.50. The zero-order valence-electron chi connectivity index (χ0n) is 10.2. The number of nitrogens with zero attached hydrogens (tertiary/aromatic N) is 1. The van der Waals surface area contributed by atoms with Crippen molar-refractivity contribution in [2.75, 3.05) is 0 Å². The van der Waals surface area contributed by atoms with Crippen LogP contribution in [0.4, 0.5) is 0 Å². The van der Waals surface area contributed by atoms with Gasteiger partial charge in [-0.15, -0.1) is 0 Å². The third-order valence-corrected chi connectivity index (χ3v) is 3.60. The molecule has 2 aromatic rings. The van der Waals surface area contributed by atoms with Crippen LogP contribution in [0.1, 0.15) is 25.7 Å². The Morgan fingerprint density at radius 1 is 1.22 bits per heavy atom. The second-order valence-corrected chi connectivity index (χ2v) is 5.40. The summed E-state index contributed by atoms with van der Waals surface area (Å²) in [6, 6.07) is 5.37. The molecule has 96 valence electrons. The molecule has 1 atom stereocenters. The van der Waals surface area contributed by atoms with Gasteiger partial charge in [-0.3, -0.25) is 0 Å². The van der Waals surface area contributed by atoms with E-state index in [0.717, 1.165) is 17.1 Å². The van der Waals surface area contributed by atoms with Gasteiger partial charge in [0, 0.05) is 5.56 Å². The summed E-state index contributed by atoms with van der Waals surface area (Å²) in [5.41, 5.74) is 7.87. The molecule has 1 aromatic heterocycles. The summed E-state index contributed by atoms with van der Waals surface area (Å²) >= 11 is 11.9. The van der Waals surface area contributed by atoms with Crippen molar-refractivity contribution < 1.29 is 0 Å².